The van der Waals surface area contributed by atoms with E-state index in [1.165, 1.54) is 0 Å². The van der Waals surface area contributed by atoms with E-state index in [4.69, 9.17) is 21.1 Å². The molecule has 0 aliphatic heterocycles. The lowest BCUT2D eigenvalue weighted by atomic mass is 10.1. The Bertz CT molecular complexity index is 927. The molecule has 6 heteroatoms. The highest BCUT2D eigenvalue weighted by atomic mass is 79.9. The number of halogens is 2. The second kappa shape index (κ2) is 8.93. The Labute approximate surface area is 171 Å². The molecule has 0 atom stereocenters. The van der Waals surface area contributed by atoms with Crippen LogP contribution in [0.4, 0.5) is 5.69 Å². The van der Waals surface area contributed by atoms with Crippen LogP contribution in [0.5, 0.6) is 17.2 Å². The largest absolute Gasteiger partial charge is 0.497 e. The van der Waals surface area contributed by atoms with Gasteiger partial charge in [-0.25, -0.2) is 0 Å². The highest BCUT2D eigenvalue weighted by Gasteiger charge is 2.11. The number of nitrogens with one attached hydrogen (secondary N) is 1. The predicted octanol–water partition coefficient (Wildman–Crippen LogP) is 6.08. The first-order valence-electron chi connectivity index (χ1n) is 8.19. The zero-order valence-corrected chi connectivity index (χ0v) is 16.9. The second-order valence-corrected chi connectivity index (χ2v) is 7.12. The molecule has 0 aliphatic carbocycles. The number of carbonyl (C=O) groups is 1. The highest BCUT2D eigenvalue weighted by molar-refractivity contribution is 9.10. The number of amides is 1. The molecule has 0 fully saturated rings. The minimum absolute atomic E-state index is 0.154. The highest BCUT2D eigenvalue weighted by Crippen LogP contribution is 2.32. The van der Waals surface area contributed by atoms with Crippen LogP contribution in [0.1, 0.15) is 5.56 Å². The number of methoxy groups -OCH3 is 1. The van der Waals surface area contributed by atoms with Gasteiger partial charge in [-0.3, -0.25) is 4.79 Å². The van der Waals surface area contributed by atoms with Crippen molar-refractivity contribution in [3.63, 3.8) is 0 Å². The smallest absolute Gasteiger partial charge is 0.228 e. The molecule has 1 N–H and O–H groups in total. The Morgan fingerprint density at radius 2 is 1.67 bits per heavy atom. The number of rotatable bonds is 6. The van der Waals surface area contributed by atoms with Crippen molar-refractivity contribution in [1.29, 1.82) is 0 Å². The van der Waals surface area contributed by atoms with Crippen molar-refractivity contribution < 1.29 is 14.3 Å². The molecule has 1 amide bonds. The van der Waals surface area contributed by atoms with Gasteiger partial charge in [0.2, 0.25) is 5.91 Å². The van der Waals surface area contributed by atoms with Crippen LogP contribution in [0.15, 0.2) is 71.2 Å². The van der Waals surface area contributed by atoms with Gasteiger partial charge in [0.25, 0.3) is 0 Å². The van der Waals surface area contributed by atoms with E-state index >= 15 is 0 Å². The Morgan fingerprint density at radius 3 is 2.33 bits per heavy atom. The number of hydrogen-bond acceptors (Lipinski definition) is 3. The molecular formula is C21H17BrClNO3. The SMILES string of the molecule is COc1ccc(Oc2ccc(Cl)cc2NC(=O)Cc2ccc(Br)cc2)cc1. The maximum Gasteiger partial charge on any atom is 0.228 e. The van der Waals surface area contributed by atoms with Gasteiger partial charge < -0.3 is 14.8 Å². The Morgan fingerprint density at radius 1 is 1.00 bits per heavy atom. The number of ether oxygens (including phenoxy) is 2. The zero-order chi connectivity index (χ0) is 19.2. The summed E-state index contributed by atoms with van der Waals surface area (Å²) in [6, 6.07) is 19.9. The summed E-state index contributed by atoms with van der Waals surface area (Å²) in [6.45, 7) is 0. The summed E-state index contributed by atoms with van der Waals surface area (Å²) in [4.78, 5) is 12.4. The number of anilines is 1. The Hall–Kier alpha value is -2.50. The first-order chi connectivity index (χ1) is 13.0. The van der Waals surface area contributed by atoms with Gasteiger partial charge in [0.1, 0.15) is 11.5 Å². The van der Waals surface area contributed by atoms with Crippen molar-refractivity contribution >= 4 is 39.1 Å². The lowest BCUT2D eigenvalue weighted by Gasteiger charge is -2.13. The summed E-state index contributed by atoms with van der Waals surface area (Å²) < 4.78 is 12.0. The molecule has 0 aliphatic rings. The third kappa shape index (κ3) is 5.49. The summed E-state index contributed by atoms with van der Waals surface area (Å²) in [5, 5.41) is 3.38. The third-order valence-electron chi connectivity index (χ3n) is 3.78. The van der Waals surface area contributed by atoms with Gasteiger partial charge in [0.05, 0.1) is 19.2 Å². The van der Waals surface area contributed by atoms with Crippen LogP contribution >= 0.6 is 27.5 Å². The van der Waals surface area contributed by atoms with Crippen LogP contribution in [-0.2, 0) is 11.2 Å². The van der Waals surface area contributed by atoms with Crippen LogP contribution in [0, 0.1) is 0 Å². The molecule has 0 radical (unpaired) electrons. The van der Waals surface area contributed by atoms with Crippen molar-refractivity contribution in [2.75, 3.05) is 12.4 Å². The average molecular weight is 447 g/mol. The van der Waals surface area contributed by atoms with Gasteiger partial charge in [0, 0.05) is 9.50 Å². The third-order valence-corrected chi connectivity index (χ3v) is 4.54. The Kier molecular flexibility index (Phi) is 6.37. The van der Waals surface area contributed by atoms with Crippen molar-refractivity contribution in [1.82, 2.24) is 0 Å². The fourth-order valence-corrected chi connectivity index (χ4v) is 2.88. The topological polar surface area (TPSA) is 47.6 Å². The molecule has 0 heterocycles. The quantitative estimate of drug-likeness (QED) is 0.499. The molecule has 0 spiro atoms. The van der Waals surface area contributed by atoms with Crippen molar-refractivity contribution in [3.05, 3.63) is 81.8 Å². The lowest BCUT2D eigenvalue weighted by Crippen LogP contribution is -2.15. The zero-order valence-electron chi connectivity index (χ0n) is 14.5. The molecule has 0 bridgehead atoms. The molecule has 3 rings (SSSR count). The van der Waals surface area contributed by atoms with Crippen LogP contribution in [0.25, 0.3) is 0 Å². The summed E-state index contributed by atoms with van der Waals surface area (Å²) in [7, 11) is 1.61. The van der Waals surface area contributed by atoms with Gasteiger partial charge in [-0.2, -0.15) is 0 Å². The molecule has 3 aromatic rings. The van der Waals surface area contributed by atoms with E-state index in [0.717, 1.165) is 15.8 Å². The van der Waals surface area contributed by atoms with Crippen molar-refractivity contribution in [2.45, 2.75) is 6.42 Å². The molecule has 3 aromatic carbocycles. The van der Waals surface area contributed by atoms with E-state index in [1.807, 2.05) is 24.3 Å². The first kappa shape index (κ1) is 19.3. The maximum absolute atomic E-state index is 12.4. The molecule has 0 saturated carbocycles. The predicted molar refractivity (Wildman–Crippen MR) is 111 cm³/mol. The van der Waals surface area contributed by atoms with Crippen molar-refractivity contribution in [3.8, 4) is 17.2 Å². The van der Waals surface area contributed by atoms with Gasteiger partial charge in [0.15, 0.2) is 5.75 Å². The summed E-state index contributed by atoms with van der Waals surface area (Å²) in [5.74, 6) is 1.72. The fourth-order valence-electron chi connectivity index (χ4n) is 2.44. The van der Waals surface area contributed by atoms with E-state index in [1.54, 1.807) is 49.6 Å². The van der Waals surface area contributed by atoms with E-state index in [2.05, 4.69) is 21.2 Å². The van der Waals surface area contributed by atoms with Gasteiger partial charge in [-0.1, -0.05) is 39.7 Å². The minimum atomic E-state index is -0.154. The van der Waals surface area contributed by atoms with Gasteiger partial charge in [-0.05, 0) is 60.2 Å². The van der Waals surface area contributed by atoms with E-state index in [9.17, 15) is 4.79 Å². The molecule has 27 heavy (non-hydrogen) atoms. The first-order valence-corrected chi connectivity index (χ1v) is 9.36. The summed E-state index contributed by atoms with van der Waals surface area (Å²) >= 11 is 9.48. The lowest BCUT2D eigenvalue weighted by molar-refractivity contribution is -0.115. The molecule has 0 aromatic heterocycles. The average Bonchev–Trinajstić information content (AvgIpc) is 2.66. The summed E-state index contributed by atoms with van der Waals surface area (Å²) in [5.41, 5.74) is 1.43. The van der Waals surface area contributed by atoms with E-state index < -0.39 is 0 Å². The van der Waals surface area contributed by atoms with Gasteiger partial charge >= 0.3 is 0 Å². The molecule has 0 unspecified atom stereocenters. The van der Waals surface area contributed by atoms with Crippen LogP contribution in [-0.4, -0.2) is 13.0 Å². The Balaban J connectivity index is 1.74. The molecular weight excluding hydrogens is 430 g/mol. The molecule has 138 valence electrons. The normalized spacial score (nSPS) is 10.3. The molecule has 0 saturated heterocycles. The van der Waals surface area contributed by atoms with E-state index in [0.29, 0.717) is 22.2 Å². The van der Waals surface area contributed by atoms with Crippen LogP contribution in [0.3, 0.4) is 0 Å². The number of carbonyl (C=O) groups excluding carboxylic acids is 1. The van der Waals surface area contributed by atoms with Gasteiger partial charge in [-0.15, -0.1) is 0 Å². The maximum atomic E-state index is 12.4. The fraction of sp³-hybridized carbons (Fsp3) is 0.0952. The monoisotopic (exact) mass is 445 g/mol. The number of hydrogen-bond donors (Lipinski definition) is 1. The van der Waals surface area contributed by atoms with Crippen LogP contribution < -0.4 is 14.8 Å². The summed E-state index contributed by atoms with van der Waals surface area (Å²) in [6.07, 6.45) is 0.252. The second-order valence-electron chi connectivity index (χ2n) is 5.77. The van der Waals surface area contributed by atoms with Crippen LogP contribution in [0.2, 0.25) is 5.02 Å². The standard InChI is InChI=1S/C21H17BrClNO3/c1-26-17-7-9-18(10-8-17)27-20-11-6-16(23)13-19(20)24-21(25)12-14-2-4-15(22)5-3-14/h2-11,13H,12H2,1H3,(H,24,25). The van der Waals surface area contributed by atoms with E-state index in [-0.39, 0.29) is 12.3 Å². The molecule has 4 nitrogen and oxygen atoms in total. The van der Waals surface area contributed by atoms with Crippen molar-refractivity contribution in [2.24, 2.45) is 0 Å². The minimum Gasteiger partial charge on any atom is -0.497 e. The number of benzene rings is 3.